The molecule has 0 bridgehead atoms. The van der Waals surface area contributed by atoms with Crippen molar-refractivity contribution in [3.8, 4) is 0 Å². The number of carbonyl (C=O) groups excluding carboxylic acids is 2. The highest BCUT2D eigenvalue weighted by atomic mass is 16.2. The second-order valence-corrected chi connectivity index (χ2v) is 5.30. The number of likely N-dealkylation sites (N-methyl/N-ethyl adjacent to an activating group) is 1. The first-order chi connectivity index (χ1) is 9.50. The van der Waals surface area contributed by atoms with Gasteiger partial charge < -0.3 is 15.5 Å². The number of benzene rings is 1. The van der Waals surface area contributed by atoms with Gasteiger partial charge in [0.2, 0.25) is 11.8 Å². The molecule has 0 saturated carbocycles. The van der Waals surface area contributed by atoms with Crippen LogP contribution >= 0.6 is 0 Å². The Balaban J connectivity index is 2.09. The minimum Gasteiger partial charge on any atom is -0.347 e. The van der Waals surface area contributed by atoms with Gasteiger partial charge in [-0.15, -0.1) is 0 Å². The highest BCUT2D eigenvalue weighted by molar-refractivity contribution is 5.90. The van der Waals surface area contributed by atoms with Gasteiger partial charge in [0.25, 0.3) is 0 Å². The fraction of sp³-hybridized carbons (Fsp3) is 0.467. The maximum absolute atomic E-state index is 12.4. The molecule has 1 aliphatic rings. The Morgan fingerprint density at radius 1 is 1.35 bits per heavy atom. The summed E-state index contributed by atoms with van der Waals surface area (Å²) in [6.07, 6.45) is 0.923. The lowest BCUT2D eigenvalue weighted by atomic mass is 9.94. The van der Waals surface area contributed by atoms with Gasteiger partial charge in [0.15, 0.2) is 0 Å². The minimum absolute atomic E-state index is 0.109. The van der Waals surface area contributed by atoms with E-state index >= 15 is 0 Å². The van der Waals surface area contributed by atoms with Crippen LogP contribution in [0, 0.1) is 0 Å². The molecule has 108 valence electrons. The van der Waals surface area contributed by atoms with Gasteiger partial charge in [0, 0.05) is 20.6 Å². The number of fused-ring (bicyclic) bond motifs is 1. The van der Waals surface area contributed by atoms with Crippen molar-refractivity contribution < 1.29 is 9.59 Å². The van der Waals surface area contributed by atoms with Crippen molar-refractivity contribution in [1.29, 1.82) is 0 Å². The molecule has 1 aromatic rings. The zero-order chi connectivity index (χ0) is 14.7. The predicted molar refractivity (Wildman–Crippen MR) is 77.2 cm³/mol. The maximum Gasteiger partial charge on any atom is 0.244 e. The van der Waals surface area contributed by atoms with Gasteiger partial charge in [-0.2, -0.15) is 0 Å². The van der Waals surface area contributed by atoms with E-state index in [4.69, 9.17) is 0 Å². The summed E-state index contributed by atoms with van der Waals surface area (Å²) in [5, 5.41) is 5.99. The van der Waals surface area contributed by atoms with Crippen molar-refractivity contribution in [2.75, 3.05) is 20.6 Å². The molecule has 2 amide bonds. The van der Waals surface area contributed by atoms with Gasteiger partial charge in [0.05, 0.1) is 0 Å². The van der Waals surface area contributed by atoms with Crippen molar-refractivity contribution in [3.63, 3.8) is 0 Å². The Morgan fingerprint density at radius 3 is 2.75 bits per heavy atom. The molecule has 0 aliphatic carbocycles. The summed E-state index contributed by atoms with van der Waals surface area (Å²) in [6, 6.07) is 7.03. The van der Waals surface area contributed by atoms with Crippen LogP contribution in [0.25, 0.3) is 0 Å². The summed E-state index contributed by atoms with van der Waals surface area (Å²) in [6.45, 7) is 2.47. The van der Waals surface area contributed by atoms with E-state index in [0.717, 1.165) is 18.5 Å². The molecule has 0 fully saturated rings. The molecular weight excluding hydrogens is 254 g/mol. The largest absolute Gasteiger partial charge is 0.347 e. The molecule has 5 nitrogen and oxygen atoms in total. The fourth-order valence-electron chi connectivity index (χ4n) is 2.48. The lowest BCUT2D eigenvalue weighted by Crippen LogP contribution is -2.49. The Morgan fingerprint density at radius 2 is 2.05 bits per heavy atom. The third kappa shape index (κ3) is 2.99. The Hall–Kier alpha value is -1.88. The summed E-state index contributed by atoms with van der Waals surface area (Å²) < 4.78 is 0. The first-order valence-electron chi connectivity index (χ1n) is 6.83. The van der Waals surface area contributed by atoms with Crippen LogP contribution < -0.4 is 10.6 Å². The van der Waals surface area contributed by atoms with Gasteiger partial charge in [0.1, 0.15) is 12.1 Å². The van der Waals surface area contributed by atoms with Crippen LogP contribution in [0.5, 0.6) is 0 Å². The van der Waals surface area contributed by atoms with E-state index in [1.807, 2.05) is 24.3 Å². The monoisotopic (exact) mass is 275 g/mol. The van der Waals surface area contributed by atoms with Crippen LogP contribution in [0.15, 0.2) is 24.3 Å². The number of nitrogens with zero attached hydrogens (tertiary/aromatic N) is 1. The molecule has 1 aromatic carbocycles. The lowest BCUT2D eigenvalue weighted by molar-refractivity contribution is -0.134. The quantitative estimate of drug-likeness (QED) is 0.843. The van der Waals surface area contributed by atoms with E-state index in [1.165, 1.54) is 10.5 Å². The van der Waals surface area contributed by atoms with Crippen LogP contribution in [-0.4, -0.2) is 43.4 Å². The number of amides is 2. The SMILES string of the molecule is CC(NC(=O)C1NCCc2ccccc21)C(=O)N(C)C. The zero-order valence-electron chi connectivity index (χ0n) is 12.1. The molecule has 0 radical (unpaired) electrons. The number of hydrogen-bond acceptors (Lipinski definition) is 3. The molecule has 0 aromatic heterocycles. The summed E-state index contributed by atoms with van der Waals surface area (Å²) in [5.41, 5.74) is 2.19. The van der Waals surface area contributed by atoms with E-state index in [-0.39, 0.29) is 17.9 Å². The van der Waals surface area contributed by atoms with Crippen molar-refractivity contribution in [2.45, 2.75) is 25.4 Å². The van der Waals surface area contributed by atoms with Crippen molar-refractivity contribution in [3.05, 3.63) is 35.4 Å². The molecular formula is C15H21N3O2. The van der Waals surface area contributed by atoms with Crippen molar-refractivity contribution in [1.82, 2.24) is 15.5 Å². The Bertz CT molecular complexity index is 514. The minimum atomic E-state index is -0.520. The van der Waals surface area contributed by atoms with E-state index in [2.05, 4.69) is 10.6 Å². The molecule has 20 heavy (non-hydrogen) atoms. The fourth-order valence-corrected chi connectivity index (χ4v) is 2.48. The average molecular weight is 275 g/mol. The third-order valence-electron chi connectivity index (χ3n) is 3.54. The number of nitrogens with one attached hydrogen (secondary N) is 2. The second kappa shape index (κ2) is 6.05. The number of rotatable bonds is 3. The molecule has 2 unspecified atom stereocenters. The first-order valence-corrected chi connectivity index (χ1v) is 6.83. The van der Waals surface area contributed by atoms with E-state index in [9.17, 15) is 9.59 Å². The summed E-state index contributed by atoms with van der Waals surface area (Å²) in [7, 11) is 3.36. The Kier molecular flexibility index (Phi) is 4.39. The van der Waals surface area contributed by atoms with Gasteiger partial charge in [-0.1, -0.05) is 24.3 Å². The molecule has 1 heterocycles. The molecule has 5 heteroatoms. The molecule has 2 rings (SSSR count). The molecule has 1 aliphatic heterocycles. The van der Waals surface area contributed by atoms with Gasteiger partial charge in [-0.3, -0.25) is 9.59 Å². The summed E-state index contributed by atoms with van der Waals surface area (Å²) in [4.78, 5) is 25.6. The topological polar surface area (TPSA) is 61.4 Å². The predicted octanol–water partition coefficient (Wildman–Crippen LogP) is 0.466. The zero-order valence-corrected chi connectivity index (χ0v) is 12.1. The third-order valence-corrected chi connectivity index (χ3v) is 3.54. The first kappa shape index (κ1) is 14.5. The standard InChI is InChI=1S/C15H21N3O2/c1-10(15(20)18(2)3)17-14(19)13-12-7-5-4-6-11(12)8-9-16-13/h4-7,10,13,16H,8-9H2,1-3H3,(H,17,19). The van der Waals surface area contributed by atoms with Gasteiger partial charge in [-0.05, 0) is 24.5 Å². The van der Waals surface area contributed by atoms with Gasteiger partial charge in [-0.25, -0.2) is 0 Å². The summed E-state index contributed by atoms with van der Waals surface area (Å²) in [5.74, 6) is -0.262. The van der Waals surface area contributed by atoms with Crippen LogP contribution in [0.2, 0.25) is 0 Å². The van der Waals surface area contributed by atoms with E-state index in [0.29, 0.717) is 0 Å². The average Bonchev–Trinajstić information content (AvgIpc) is 2.45. The van der Waals surface area contributed by atoms with Crippen LogP contribution in [0.4, 0.5) is 0 Å². The lowest BCUT2D eigenvalue weighted by Gasteiger charge is -2.27. The highest BCUT2D eigenvalue weighted by Gasteiger charge is 2.28. The second-order valence-electron chi connectivity index (χ2n) is 5.30. The van der Waals surface area contributed by atoms with E-state index < -0.39 is 6.04 Å². The molecule has 2 N–H and O–H groups in total. The van der Waals surface area contributed by atoms with Crippen molar-refractivity contribution >= 4 is 11.8 Å². The van der Waals surface area contributed by atoms with E-state index in [1.54, 1.807) is 21.0 Å². The summed E-state index contributed by atoms with van der Waals surface area (Å²) >= 11 is 0. The molecule has 2 atom stereocenters. The molecule has 0 spiro atoms. The Labute approximate surface area is 119 Å². The molecule has 0 saturated heterocycles. The van der Waals surface area contributed by atoms with Crippen LogP contribution in [-0.2, 0) is 16.0 Å². The number of carbonyl (C=O) groups is 2. The highest BCUT2D eigenvalue weighted by Crippen LogP contribution is 2.22. The normalized spacial score (nSPS) is 18.9. The van der Waals surface area contributed by atoms with Crippen LogP contribution in [0.3, 0.4) is 0 Å². The van der Waals surface area contributed by atoms with Crippen LogP contribution in [0.1, 0.15) is 24.1 Å². The van der Waals surface area contributed by atoms with Crippen molar-refractivity contribution in [2.24, 2.45) is 0 Å². The number of hydrogen-bond donors (Lipinski definition) is 2. The maximum atomic E-state index is 12.4. The van der Waals surface area contributed by atoms with Gasteiger partial charge >= 0.3 is 0 Å². The smallest absolute Gasteiger partial charge is 0.244 e.